The van der Waals surface area contributed by atoms with E-state index in [0.29, 0.717) is 11.5 Å². The molecule has 4 rings (SSSR count). The minimum Gasteiger partial charge on any atom is -0.378 e. The van der Waals surface area contributed by atoms with Crippen molar-refractivity contribution in [2.24, 2.45) is 5.92 Å². The van der Waals surface area contributed by atoms with E-state index >= 15 is 0 Å². The van der Waals surface area contributed by atoms with Gasteiger partial charge in [0.25, 0.3) is 0 Å². The molecule has 1 aromatic carbocycles. The molecule has 1 aliphatic carbocycles. The number of piperidine rings is 1. The van der Waals surface area contributed by atoms with Crippen LogP contribution >= 0.6 is 0 Å². The number of aromatic nitrogens is 2. The molecule has 0 bridgehead atoms. The maximum atomic E-state index is 14.5. The lowest BCUT2D eigenvalue weighted by molar-refractivity contribution is 0.000419. The van der Waals surface area contributed by atoms with Crippen molar-refractivity contribution in [3.05, 3.63) is 47.7 Å². The fraction of sp³-hybridized carbons (Fsp3) is 0.583. The van der Waals surface area contributed by atoms with Gasteiger partial charge in [0.1, 0.15) is 11.6 Å². The van der Waals surface area contributed by atoms with Gasteiger partial charge in [0.15, 0.2) is 9.84 Å². The SMILES string of the molecule is Cc1cnc(N2CCC(COC3CCC(c4ccc(S(C)(=O)=O)cc4F)CC3)CC2)cn1. The number of rotatable bonds is 6. The minimum absolute atomic E-state index is 0.0382. The summed E-state index contributed by atoms with van der Waals surface area (Å²) in [6.07, 6.45) is 10.7. The van der Waals surface area contributed by atoms with Crippen molar-refractivity contribution >= 4 is 15.7 Å². The van der Waals surface area contributed by atoms with E-state index in [2.05, 4.69) is 14.9 Å². The lowest BCUT2D eigenvalue weighted by Crippen LogP contribution is -2.36. The van der Waals surface area contributed by atoms with Crippen molar-refractivity contribution in [1.29, 1.82) is 0 Å². The molecule has 0 amide bonds. The van der Waals surface area contributed by atoms with Gasteiger partial charge in [-0.1, -0.05) is 6.07 Å². The van der Waals surface area contributed by atoms with E-state index in [1.807, 2.05) is 19.3 Å². The molecular formula is C24H32FN3O3S. The molecule has 0 unspecified atom stereocenters. The molecule has 0 radical (unpaired) electrons. The molecule has 0 spiro atoms. The van der Waals surface area contributed by atoms with E-state index in [4.69, 9.17) is 4.74 Å². The van der Waals surface area contributed by atoms with E-state index < -0.39 is 15.7 Å². The topological polar surface area (TPSA) is 72.4 Å². The standard InChI is InChI=1S/C24H32FN3O3S/c1-17-14-27-24(15-26-17)28-11-9-18(10-12-28)16-31-20-5-3-19(4-6-20)22-8-7-21(13-23(22)25)32(2,29)30/h7-8,13-15,18-20H,3-6,9-12,16H2,1-2H3. The number of hydrogen-bond acceptors (Lipinski definition) is 6. The zero-order chi connectivity index (χ0) is 22.7. The second-order valence-electron chi connectivity index (χ2n) is 9.21. The molecule has 174 valence electrons. The van der Waals surface area contributed by atoms with E-state index in [-0.39, 0.29) is 16.9 Å². The third kappa shape index (κ3) is 5.64. The van der Waals surface area contributed by atoms with Crippen molar-refractivity contribution in [3.8, 4) is 0 Å². The Hall–Kier alpha value is -2.06. The number of sulfone groups is 1. The van der Waals surface area contributed by atoms with E-state index in [9.17, 15) is 12.8 Å². The van der Waals surface area contributed by atoms with Gasteiger partial charge in [0.2, 0.25) is 0 Å². The van der Waals surface area contributed by atoms with E-state index in [1.165, 1.54) is 6.07 Å². The fourth-order valence-corrected chi connectivity index (χ4v) is 5.39. The van der Waals surface area contributed by atoms with Crippen LogP contribution in [0.5, 0.6) is 0 Å². The number of anilines is 1. The zero-order valence-corrected chi connectivity index (χ0v) is 19.7. The molecule has 6 nitrogen and oxygen atoms in total. The first-order chi connectivity index (χ1) is 15.3. The lowest BCUT2D eigenvalue weighted by atomic mass is 9.82. The molecule has 2 fully saturated rings. The molecule has 1 aliphatic heterocycles. The van der Waals surface area contributed by atoms with Crippen molar-refractivity contribution < 1.29 is 17.5 Å². The summed E-state index contributed by atoms with van der Waals surface area (Å²) in [4.78, 5) is 11.1. The third-order valence-corrected chi connectivity index (χ3v) is 7.90. The zero-order valence-electron chi connectivity index (χ0n) is 18.8. The van der Waals surface area contributed by atoms with Gasteiger partial charge in [0, 0.05) is 26.0 Å². The summed E-state index contributed by atoms with van der Waals surface area (Å²) in [5, 5.41) is 0. The highest BCUT2D eigenvalue weighted by Gasteiger charge is 2.27. The summed E-state index contributed by atoms with van der Waals surface area (Å²) < 4.78 is 44.0. The molecule has 2 aromatic rings. The normalized spacial score (nSPS) is 22.8. The monoisotopic (exact) mass is 461 g/mol. The van der Waals surface area contributed by atoms with Crippen molar-refractivity contribution in [3.63, 3.8) is 0 Å². The summed E-state index contributed by atoms with van der Waals surface area (Å²) in [5.41, 5.74) is 1.56. The van der Waals surface area contributed by atoms with Crippen LogP contribution in [0.1, 0.15) is 55.7 Å². The Kier molecular flexibility index (Phi) is 7.10. The first kappa shape index (κ1) is 23.1. The molecule has 0 atom stereocenters. The number of hydrogen-bond donors (Lipinski definition) is 0. The molecule has 1 saturated heterocycles. The van der Waals surface area contributed by atoms with Gasteiger partial charge in [-0.25, -0.2) is 17.8 Å². The fourth-order valence-electron chi connectivity index (χ4n) is 4.76. The van der Waals surface area contributed by atoms with Crippen LogP contribution in [-0.4, -0.2) is 50.4 Å². The first-order valence-corrected chi connectivity index (χ1v) is 13.3. The van der Waals surface area contributed by atoms with E-state index in [0.717, 1.165) is 82.1 Å². The Morgan fingerprint density at radius 1 is 1.06 bits per heavy atom. The molecule has 2 aliphatic rings. The highest BCUT2D eigenvalue weighted by atomic mass is 32.2. The van der Waals surface area contributed by atoms with Gasteiger partial charge in [-0.15, -0.1) is 0 Å². The average molecular weight is 462 g/mol. The number of benzene rings is 1. The van der Waals surface area contributed by atoms with Crippen LogP contribution in [0.3, 0.4) is 0 Å². The largest absolute Gasteiger partial charge is 0.378 e. The number of nitrogens with zero attached hydrogens (tertiary/aromatic N) is 3. The number of ether oxygens (including phenoxy) is 1. The maximum absolute atomic E-state index is 14.5. The molecule has 1 saturated carbocycles. The van der Waals surface area contributed by atoms with Gasteiger partial charge < -0.3 is 9.64 Å². The van der Waals surface area contributed by atoms with Crippen molar-refractivity contribution in [2.75, 3.05) is 30.9 Å². The van der Waals surface area contributed by atoms with Crippen LogP contribution in [0.2, 0.25) is 0 Å². The maximum Gasteiger partial charge on any atom is 0.175 e. The molecule has 0 N–H and O–H groups in total. The van der Waals surface area contributed by atoms with Gasteiger partial charge >= 0.3 is 0 Å². The van der Waals surface area contributed by atoms with Crippen LogP contribution in [0.25, 0.3) is 0 Å². The van der Waals surface area contributed by atoms with Crippen LogP contribution in [0.15, 0.2) is 35.5 Å². The van der Waals surface area contributed by atoms with Crippen molar-refractivity contribution in [2.45, 2.75) is 62.4 Å². The van der Waals surface area contributed by atoms with Crippen LogP contribution in [0.4, 0.5) is 10.2 Å². The van der Waals surface area contributed by atoms with Crippen LogP contribution in [-0.2, 0) is 14.6 Å². The summed E-state index contributed by atoms with van der Waals surface area (Å²) in [7, 11) is -3.39. The minimum atomic E-state index is -3.39. The van der Waals surface area contributed by atoms with Gasteiger partial charge in [0.05, 0.1) is 29.1 Å². The van der Waals surface area contributed by atoms with Gasteiger partial charge in [-0.2, -0.15) is 0 Å². The van der Waals surface area contributed by atoms with Crippen LogP contribution < -0.4 is 4.90 Å². The second kappa shape index (κ2) is 9.83. The Bertz CT molecular complexity index is 1010. The third-order valence-electron chi connectivity index (χ3n) is 6.79. The Morgan fingerprint density at radius 2 is 1.78 bits per heavy atom. The molecule has 32 heavy (non-hydrogen) atoms. The smallest absolute Gasteiger partial charge is 0.175 e. The number of halogens is 1. The molecule has 8 heteroatoms. The van der Waals surface area contributed by atoms with Crippen LogP contribution in [0, 0.1) is 18.7 Å². The van der Waals surface area contributed by atoms with Crippen molar-refractivity contribution in [1.82, 2.24) is 9.97 Å². The second-order valence-corrected chi connectivity index (χ2v) is 11.2. The van der Waals surface area contributed by atoms with Gasteiger partial charge in [-0.05, 0) is 75.0 Å². The average Bonchev–Trinajstić information content (AvgIpc) is 2.78. The van der Waals surface area contributed by atoms with Gasteiger partial charge in [-0.3, -0.25) is 4.98 Å². The quantitative estimate of drug-likeness (QED) is 0.639. The Morgan fingerprint density at radius 3 is 2.38 bits per heavy atom. The van der Waals surface area contributed by atoms with E-state index in [1.54, 1.807) is 6.07 Å². The first-order valence-electron chi connectivity index (χ1n) is 11.4. The molecule has 1 aromatic heterocycles. The summed E-state index contributed by atoms with van der Waals surface area (Å²) >= 11 is 0. The molecular weight excluding hydrogens is 429 g/mol. The highest BCUT2D eigenvalue weighted by Crippen LogP contribution is 2.36. The highest BCUT2D eigenvalue weighted by molar-refractivity contribution is 7.90. The molecule has 2 heterocycles. The Labute approximate surface area is 190 Å². The number of aryl methyl sites for hydroxylation is 1. The summed E-state index contributed by atoms with van der Waals surface area (Å²) in [6, 6.07) is 4.32. The Balaban J connectivity index is 1.21. The predicted octanol–water partition coefficient (Wildman–Crippen LogP) is 4.29. The lowest BCUT2D eigenvalue weighted by Gasteiger charge is -2.34. The summed E-state index contributed by atoms with van der Waals surface area (Å²) in [6.45, 7) is 4.67. The predicted molar refractivity (Wildman–Crippen MR) is 122 cm³/mol. The summed E-state index contributed by atoms with van der Waals surface area (Å²) in [5.74, 6) is 1.22.